The Morgan fingerprint density at radius 1 is 1.31 bits per heavy atom. The molecule has 0 radical (unpaired) electrons. The highest BCUT2D eigenvalue weighted by Gasteiger charge is 2.28. The SMILES string of the molecule is CCN(CC)S(=O)(=O)c1ccc2c(c1)CCCN2C(=O)c1csc(C)n1. The highest BCUT2D eigenvalue weighted by Crippen LogP contribution is 2.31. The lowest BCUT2D eigenvalue weighted by Crippen LogP contribution is -2.36. The molecule has 0 aliphatic carbocycles. The zero-order valence-corrected chi connectivity index (χ0v) is 16.9. The number of aryl methyl sites for hydroxylation is 2. The molecule has 0 bridgehead atoms. The Morgan fingerprint density at radius 2 is 2.04 bits per heavy atom. The van der Waals surface area contributed by atoms with Crippen molar-refractivity contribution in [3.8, 4) is 0 Å². The van der Waals surface area contributed by atoms with Crippen LogP contribution in [0.25, 0.3) is 0 Å². The van der Waals surface area contributed by atoms with Gasteiger partial charge in [0, 0.05) is 30.7 Å². The zero-order chi connectivity index (χ0) is 18.9. The molecule has 0 saturated carbocycles. The van der Waals surface area contributed by atoms with Crippen molar-refractivity contribution in [2.24, 2.45) is 0 Å². The van der Waals surface area contributed by atoms with Crippen molar-refractivity contribution in [2.75, 3.05) is 24.5 Å². The van der Waals surface area contributed by atoms with Crippen LogP contribution in [0, 0.1) is 6.92 Å². The Bertz CT molecular complexity index is 918. The number of hydrogen-bond acceptors (Lipinski definition) is 5. The Morgan fingerprint density at radius 3 is 2.65 bits per heavy atom. The summed E-state index contributed by atoms with van der Waals surface area (Å²) >= 11 is 1.45. The highest BCUT2D eigenvalue weighted by molar-refractivity contribution is 7.89. The Balaban J connectivity index is 1.96. The standard InChI is InChI=1S/C18H23N3O3S2/c1-4-20(5-2)26(23,24)15-8-9-17-14(11-15)7-6-10-21(17)18(22)16-12-25-13(3)19-16/h8-9,11-12H,4-7,10H2,1-3H3. The summed E-state index contributed by atoms with van der Waals surface area (Å²) in [6, 6.07) is 5.07. The molecule has 1 aliphatic rings. The van der Waals surface area contributed by atoms with Gasteiger partial charge in [-0.3, -0.25) is 4.79 Å². The lowest BCUT2D eigenvalue weighted by Gasteiger charge is -2.29. The molecule has 0 atom stereocenters. The molecule has 6 nitrogen and oxygen atoms in total. The summed E-state index contributed by atoms with van der Waals surface area (Å²) in [5.74, 6) is -0.130. The summed E-state index contributed by atoms with van der Waals surface area (Å²) in [6.45, 7) is 7.01. The first-order valence-electron chi connectivity index (χ1n) is 8.75. The van der Waals surface area contributed by atoms with Crippen molar-refractivity contribution in [1.29, 1.82) is 0 Å². The first kappa shape index (κ1) is 19.0. The number of fused-ring (bicyclic) bond motifs is 1. The number of anilines is 1. The van der Waals surface area contributed by atoms with Crippen LogP contribution in [-0.2, 0) is 16.4 Å². The number of nitrogens with zero attached hydrogens (tertiary/aromatic N) is 3. The van der Waals surface area contributed by atoms with E-state index >= 15 is 0 Å². The molecule has 1 aromatic heterocycles. The van der Waals surface area contributed by atoms with Crippen molar-refractivity contribution in [3.63, 3.8) is 0 Å². The van der Waals surface area contributed by atoms with E-state index in [2.05, 4.69) is 4.98 Å². The highest BCUT2D eigenvalue weighted by atomic mass is 32.2. The van der Waals surface area contributed by atoms with E-state index in [1.165, 1.54) is 15.6 Å². The summed E-state index contributed by atoms with van der Waals surface area (Å²) in [7, 11) is -3.50. The number of thiazole rings is 1. The maximum absolute atomic E-state index is 12.8. The predicted molar refractivity (Wildman–Crippen MR) is 103 cm³/mol. The molecule has 0 unspecified atom stereocenters. The molecule has 2 aromatic rings. The number of rotatable bonds is 5. The predicted octanol–water partition coefficient (Wildman–Crippen LogP) is 3.08. The number of aromatic nitrogens is 1. The van der Waals surface area contributed by atoms with Crippen molar-refractivity contribution in [3.05, 3.63) is 39.8 Å². The summed E-state index contributed by atoms with van der Waals surface area (Å²) < 4.78 is 27.0. The van der Waals surface area contributed by atoms with Crippen molar-refractivity contribution >= 4 is 33.0 Å². The molecule has 1 aromatic carbocycles. The van der Waals surface area contributed by atoms with E-state index in [4.69, 9.17) is 0 Å². The van der Waals surface area contributed by atoms with Crippen LogP contribution >= 0.6 is 11.3 Å². The molecule has 0 saturated heterocycles. The third-order valence-corrected chi connectivity index (χ3v) is 7.42. The van der Waals surface area contributed by atoms with Gasteiger partial charge < -0.3 is 4.90 Å². The molecule has 2 heterocycles. The minimum Gasteiger partial charge on any atom is -0.307 e. The van der Waals surface area contributed by atoms with Gasteiger partial charge in [0.1, 0.15) is 5.69 Å². The molecule has 3 rings (SSSR count). The molecule has 8 heteroatoms. The summed E-state index contributed by atoms with van der Waals surface area (Å²) in [5, 5.41) is 2.62. The molecular formula is C18H23N3O3S2. The van der Waals surface area contributed by atoms with E-state index in [9.17, 15) is 13.2 Å². The van der Waals surface area contributed by atoms with Crippen LogP contribution in [0.15, 0.2) is 28.5 Å². The maximum Gasteiger partial charge on any atom is 0.277 e. The molecule has 0 fully saturated rings. The average Bonchev–Trinajstić information content (AvgIpc) is 3.07. The van der Waals surface area contributed by atoms with Gasteiger partial charge in [0.25, 0.3) is 5.91 Å². The van der Waals surface area contributed by atoms with Crippen LogP contribution in [0.5, 0.6) is 0 Å². The van der Waals surface area contributed by atoms with Gasteiger partial charge in [0.15, 0.2) is 0 Å². The van der Waals surface area contributed by atoms with Crippen LogP contribution in [-0.4, -0.2) is 43.2 Å². The maximum atomic E-state index is 12.8. The first-order valence-corrected chi connectivity index (χ1v) is 11.1. The quantitative estimate of drug-likeness (QED) is 0.783. The van der Waals surface area contributed by atoms with Gasteiger partial charge in [-0.25, -0.2) is 13.4 Å². The van der Waals surface area contributed by atoms with Crippen molar-refractivity contribution < 1.29 is 13.2 Å². The minimum absolute atomic E-state index is 0.130. The topological polar surface area (TPSA) is 70.6 Å². The van der Waals surface area contributed by atoms with E-state index < -0.39 is 10.0 Å². The van der Waals surface area contributed by atoms with Gasteiger partial charge in [-0.1, -0.05) is 13.8 Å². The lowest BCUT2D eigenvalue weighted by atomic mass is 10.0. The van der Waals surface area contributed by atoms with Gasteiger partial charge >= 0.3 is 0 Å². The summed E-state index contributed by atoms with van der Waals surface area (Å²) in [4.78, 5) is 19.1. The van der Waals surface area contributed by atoms with Gasteiger partial charge in [-0.15, -0.1) is 11.3 Å². The Labute approximate surface area is 158 Å². The van der Waals surface area contributed by atoms with Gasteiger partial charge in [-0.2, -0.15) is 4.31 Å². The number of carbonyl (C=O) groups is 1. The number of amides is 1. The van der Waals surface area contributed by atoms with E-state index in [0.29, 0.717) is 30.2 Å². The monoisotopic (exact) mass is 393 g/mol. The van der Waals surface area contributed by atoms with Crippen LogP contribution in [0.1, 0.15) is 41.3 Å². The molecular weight excluding hydrogens is 370 g/mol. The Hall–Kier alpha value is -1.77. The number of benzene rings is 1. The van der Waals surface area contributed by atoms with Crippen molar-refractivity contribution in [2.45, 2.75) is 38.5 Å². The largest absolute Gasteiger partial charge is 0.307 e. The van der Waals surface area contributed by atoms with E-state index in [1.54, 1.807) is 28.5 Å². The van der Waals surface area contributed by atoms with Crippen LogP contribution in [0.3, 0.4) is 0 Å². The van der Waals surface area contributed by atoms with Gasteiger partial charge in [0.2, 0.25) is 10.0 Å². The van der Waals surface area contributed by atoms with E-state index in [-0.39, 0.29) is 5.91 Å². The zero-order valence-electron chi connectivity index (χ0n) is 15.2. The molecule has 0 N–H and O–H groups in total. The summed E-state index contributed by atoms with van der Waals surface area (Å²) in [6.07, 6.45) is 1.56. The average molecular weight is 394 g/mol. The van der Waals surface area contributed by atoms with Crippen LogP contribution in [0.2, 0.25) is 0 Å². The summed E-state index contributed by atoms with van der Waals surface area (Å²) in [5.41, 5.74) is 2.12. The smallest absolute Gasteiger partial charge is 0.277 e. The number of hydrogen-bond donors (Lipinski definition) is 0. The fraction of sp³-hybridized carbons (Fsp3) is 0.444. The van der Waals surface area contributed by atoms with Crippen molar-refractivity contribution in [1.82, 2.24) is 9.29 Å². The minimum atomic E-state index is -3.50. The lowest BCUT2D eigenvalue weighted by molar-refractivity contribution is 0.0981. The Kier molecular flexibility index (Phi) is 5.45. The number of sulfonamides is 1. The molecule has 1 amide bonds. The number of carbonyl (C=O) groups excluding carboxylic acids is 1. The first-order chi connectivity index (χ1) is 12.4. The fourth-order valence-corrected chi connectivity index (χ4v) is 5.35. The third kappa shape index (κ3) is 3.41. The fourth-order valence-electron chi connectivity index (χ4n) is 3.26. The van der Waals surface area contributed by atoms with E-state index in [0.717, 1.165) is 29.1 Å². The second-order valence-electron chi connectivity index (χ2n) is 6.19. The second-order valence-corrected chi connectivity index (χ2v) is 9.19. The molecule has 1 aliphatic heterocycles. The van der Waals surface area contributed by atoms with Crippen LogP contribution in [0.4, 0.5) is 5.69 Å². The second kappa shape index (κ2) is 7.46. The molecule has 26 heavy (non-hydrogen) atoms. The third-order valence-electron chi connectivity index (χ3n) is 4.60. The van der Waals surface area contributed by atoms with Gasteiger partial charge in [0.05, 0.1) is 9.90 Å². The van der Waals surface area contributed by atoms with E-state index in [1.807, 2.05) is 20.8 Å². The normalized spacial score (nSPS) is 14.5. The molecule has 0 spiro atoms. The molecule has 140 valence electrons. The van der Waals surface area contributed by atoms with Crippen LogP contribution < -0.4 is 4.90 Å². The van der Waals surface area contributed by atoms with Gasteiger partial charge in [-0.05, 0) is 43.5 Å².